The number of benzene rings is 2. The van der Waals surface area contributed by atoms with Crippen molar-refractivity contribution in [2.45, 2.75) is 6.36 Å². The maximum Gasteiger partial charge on any atom is 0.573 e. The summed E-state index contributed by atoms with van der Waals surface area (Å²) >= 11 is 1.03. The second-order valence-electron chi connectivity index (χ2n) is 7.60. The van der Waals surface area contributed by atoms with Crippen LogP contribution in [0.15, 0.2) is 48.5 Å². The number of carbonyl (C=O) groups excluding carboxylic acids is 1. The van der Waals surface area contributed by atoms with Gasteiger partial charge in [0.05, 0.1) is 0 Å². The number of halogens is 3. The number of nitrogens with one attached hydrogen (secondary N) is 1. The number of carbonyl (C=O) groups is 1. The summed E-state index contributed by atoms with van der Waals surface area (Å²) in [4.78, 5) is 21.7. The SMILES string of the molecule is CN1CCN(c2ccc(Nc3nc(N)c(C(=O)c4cccc(OC(F)(F)F)c4)s3)cc2)CC1. The first-order valence-corrected chi connectivity index (χ1v) is 11.0. The Hall–Kier alpha value is -3.31. The molecule has 1 fully saturated rings. The highest BCUT2D eigenvalue weighted by molar-refractivity contribution is 7.18. The number of alkyl halides is 3. The summed E-state index contributed by atoms with van der Waals surface area (Å²) in [5.41, 5.74) is 7.85. The molecule has 0 radical (unpaired) electrons. The Labute approximate surface area is 192 Å². The van der Waals surface area contributed by atoms with E-state index >= 15 is 0 Å². The lowest BCUT2D eigenvalue weighted by Crippen LogP contribution is -2.44. The third kappa shape index (κ3) is 5.74. The molecule has 174 valence electrons. The minimum Gasteiger partial charge on any atom is -0.406 e. The summed E-state index contributed by atoms with van der Waals surface area (Å²) in [6.07, 6.45) is -4.85. The van der Waals surface area contributed by atoms with Crippen molar-refractivity contribution >= 4 is 39.4 Å². The fraction of sp³-hybridized carbons (Fsp3) is 0.273. The molecule has 0 amide bonds. The quantitative estimate of drug-likeness (QED) is 0.511. The number of rotatable bonds is 6. The molecule has 0 bridgehead atoms. The maximum absolute atomic E-state index is 12.8. The summed E-state index contributed by atoms with van der Waals surface area (Å²) < 4.78 is 41.3. The number of ether oxygens (including phenoxy) is 1. The summed E-state index contributed by atoms with van der Waals surface area (Å²) in [6, 6.07) is 12.7. The van der Waals surface area contributed by atoms with Crippen LogP contribution in [0.1, 0.15) is 15.2 Å². The normalized spacial score (nSPS) is 14.8. The zero-order valence-corrected chi connectivity index (χ0v) is 18.5. The molecule has 0 unspecified atom stereocenters. The monoisotopic (exact) mass is 477 g/mol. The van der Waals surface area contributed by atoms with Crippen molar-refractivity contribution in [1.29, 1.82) is 0 Å². The smallest absolute Gasteiger partial charge is 0.406 e. The number of ketones is 1. The molecular formula is C22H22F3N5O2S. The van der Waals surface area contributed by atoms with Crippen molar-refractivity contribution in [1.82, 2.24) is 9.88 Å². The van der Waals surface area contributed by atoms with Gasteiger partial charge in [0.15, 0.2) is 5.13 Å². The van der Waals surface area contributed by atoms with Crippen LogP contribution < -0.4 is 20.7 Å². The van der Waals surface area contributed by atoms with E-state index in [2.05, 4.69) is 31.9 Å². The number of nitrogen functional groups attached to an aromatic ring is 1. The highest BCUT2D eigenvalue weighted by Crippen LogP contribution is 2.31. The highest BCUT2D eigenvalue weighted by Gasteiger charge is 2.31. The highest BCUT2D eigenvalue weighted by atomic mass is 32.1. The van der Waals surface area contributed by atoms with Crippen LogP contribution in [-0.2, 0) is 0 Å². The third-order valence-electron chi connectivity index (χ3n) is 5.18. The van der Waals surface area contributed by atoms with E-state index in [1.807, 2.05) is 24.3 Å². The lowest BCUT2D eigenvalue weighted by atomic mass is 10.1. The molecule has 2 heterocycles. The Bertz CT molecular complexity index is 1130. The zero-order chi connectivity index (χ0) is 23.6. The first-order valence-electron chi connectivity index (χ1n) is 10.2. The van der Waals surface area contributed by atoms with Crippen molar-refractivity contribution in [2.24, 2.45) is 0 Å². The van der Waals surface area contributed by atoms with Gasteiger partial charge in [0.25, 0.3) is 0 Å². The Morgan fingerprint density at radius 1 is 1.12 bits per heavy atom. The number of nitrogens with zero attached hydrogens (tertiary/aromatic N) is 3. The lowest BCUT2D eigenvalue weighted by Gasteiger charge is -2.34. The number of nitrogens with two attached hydrogens (primary N) is 1. The number of thiazole rings is 1. The molecule has 0 spiro atoms. The number of likely N-dealkylation sites (N-methyl/N-ethyl adjacent to an activating group) is 1. The van der Waals surface area contributed by atoms with Crippen LogP contribution in [0.5, 0.6) is 5.75 Å². The number of hydrogen-bond donors (Lipinski definition) is 2. The number of hydrogen-bond acceptors (Lipinski definition) is 8. The molecule has 1 aliphatic rings. The van der Waals surface area contributed by atoms with E-state index in [9.17, 15) is 18.0 Å². The lowest BCUT2D eigenvalue weighted by molar-refractivity contribution is -0.274. The minimum atomic E-state index is -4.85. The van der Waals surface area contributed by atoms with Gasteiger partial charge >= 0.3 is 6.36 Å². The number of aromatic nitrogens is 1. The van der Waals surface area contributed by atoms with Crippen molar-refractivity contribution in [3.05, 3.63) is 59.0 Å². The molecule has 3 N–H and O–H groups in total. The van der Waals surface area contributed by atoms with Crippen molar-refractivity contribution in [3.8, 4) is 5.75 Å². The molecule has 11 heteroatoms. The summed E-state index contributed by atoms with van der Waals surface area (Å²) in [7, 11) is 2.11. The average molecular weight is 478 g/mol. The van der Waals surface area contributed by atoms with Crippen LogP contribution >= 0.6 is 11.3 Å². The molecule has 1 aromatic heterocycles. The predicted molar refractivity (Wildman–Crippen MR) is 123 cm³/mol. The molecule has 0 atom stereocenters. The van der Waals surface area contributed by atoms with Gasteiger partial charge in [-0.3, -0.25) is 4.79 Å². The van der Waals surface area contributed by atoms with Crippen LogP contribution in [0.3, 0.4) is 0 Å². The molecule has 1 aliphatic heterocycles. The fourth-order valence-electron chi connectivity index (χ4n) is 3.46. The number of piperazine rings is 1. The van der Waals surface area contributed by atoms with E-state index in [1.165, 1.54) is 12.1 Å². The molecular weight excluding hydrogens is 455 g/mol. The predicted octanol–water partition coefficient (Wildman–Crippen LogP) is 4.35. The largest absolute Gasteiger partial charge is 0.573 e. The Kier molecular flexibility index (Phi) is 6.43. The van der Waals surface area contributed by atoms with Gasteiger partial charge in [-0.2, -0.15) is 0 Å². The fourth-order valence-corrected chi connectivity index (χ4v) is 4.32. The molecule has 4 rings (SSSR count). The summed E-state index contributed by atoms with van der Waals surface area (Å²) in [5.74, 6) is -1.00. The van der Waals surface area contributed by atoms with Gasteiger partial charge in [0.1, 0.15) is 16.4 Å². The van der Waals surface area contributed by atoms with E-state index < -0.39 is 17.9 Å². The molecule has 2 aromatic carbocycles. The van der Waals surface area contributed by atoms with E-state index in [0.717, 1.165) is 61.0 Å². The van der Waals surface area contributed by atoms with Gasteiger partial charge in [-0.25, -0.2) is 4.98 Å². The third-order valence-corrected chi connectivity index (χ3v) is 6.16. The Balaban J connectivity index is 1.45. The first kappa shape index (κ1) is 22.9. The number of anilines is 4. The second-order valence-corrected chi connectivity index (χ2v) is 8.60. The van der Waals surface area contributed by atoms with Crippen molar-refractivity contribution in [3.63, 3.8) is 0 Å². The Morgan fingerprint density at radius 3 is 2.48 bits per heavy atom. The van der Waals surface area contributed by atoms with Crippen LogP contribution in [-0.4, -0.2) is 55.3 Å². The first-order chi connectivity index (χ1) is 15.7. The summed E-state index contributed by atoms with van der Waals surface area (Å²) in [6.45, 7) is 3.96. The van der Waals surface area contributed by atoms with Crippen LogP contribution in [0.25, 0.3) is 0 Å². The van der Waals surface area contributed by atoms with Gasteiger partial charge in [-0.15, -0.1) is 13.2 Å². The van der Waals surface area contributed by atoms with Gasteiger partial charge in [-0.1, -0.05) is 23.5 Å². The van der Waals surface area contributed by atoms with Crippen molar-refractivity contribution in [2.75, 3.05) is 49.2 Å². The van der Waals surface area contributed by atoms with Crippen LogP contribution in [0.4, 0.5) is 35.5 Å². The zero-order valence-electron chi connectivity index (χ0n) is 17.7. The van der Waals surface area contributed by atoms with E-state index in [4.69, 9.17) is 5.73 Å². The molecule has 1 saturated heterocycles. The van der Waals surface area contributed by atoms with Crippen LogP contribution in [0, 0.1) is 0 Å². The van der Waals surface area contributed by atoms with Gasteiger partial charge < -0.3 is 25.6 Å². The second kappa shape index (κ2) is 9.28. The molecule has 0 aliphatic carbocycles. The molecule has 3 aromatic rings. The summed E-state index contributed by atoms with van der Waals surface area (Å²) in [5, 5.41) is 3.53. The van der Waals surface area contributed by atoms with Gasteiger partial charge in [0.2, 0.25) is 5.78 Å². The van der Waals surface area contributed by atoms with E-state index in [1.54, 1.807) is 0 Å². The van der Waals surface area contributed by atoms with E-state index in [0.29, 0.717) is 5.13 Å². The van der Waals surface area contributed by atoms with E-state index in [-0.39, 0.29) is 16.3 Å². The molecule has 0 saturated carbocycles. The van der Waals surface area contributed by atoms with Gasteiger partial charge in [0, 0.05) is 43.1 Å². The minimum absolute atomic E-state index is 0.00343. The van der Waals surface area contributed by atoms with Crippen LogP contribution in [0.2, 0.25) is 0 Å². The molecule has 33 heavy (non-hydrogen) atoms. The topological polar surface area (TPSA) is 83.7 Å². The standard InChI is InChI=1S/C22H22F3N5O2S/c1-29-9-11-30(12-10-29)16-7-5-15(6-8-16)27-21-28-20(26)19(33-21)18(31)14-3-2-4-17(13-14)32-22(23,24)25/h2-8,13H,9-12,26H2,1H3,(H,27,28). The van der Waals surface area contributed by atoms with Crippen molar-refractivity contribution < 1.29 is 22.7 Å². The van der Waals surface area contributed by atoms with Gasteiger partial charge in [-0.05, 0) is 43.4 Å². The Morgan fingerprint density at radius 2 is 1.82 bits per heavy atom. The molecule has 7 nitrogen and oxygen atoms in total. The maximum atomic E-state index is 12.8. The average Bonchev–Trinajstić information content (AvgIpc) is 3.13.